The van der Waals surface area contributed by atoms with Gasteiger partial charge in [0.25, 0.3) is 0 Å². The van der Waals surface area contributed by atoms with Crippen molar-refractivity contribution in [1.82, 2.24) is 5.32 Å². The molecule has 1 rings (SSSR count). The molecule has 1 aromatic rings. The number of benzene rings is 1. The summed E-state index contributed by atoms with van der Waals surface area (Å²) in [4.78, 5) is 0. The maximum atomic E-state index is 13.4. The number of hydrogen-bond acceptors (Lipinski definition) is 2. The van der Waals surface area contributed by atoms with Crippen LogP contribution in [0.4, 0.5) is 8.78 Å². The van der Waals surface area contributed by atoms with Crippen molar-refractivity contribution < 1.29 is 13.5 Å². The van der Waals surface area contributed by atoms with E-state index in [2.05, 4.69) is 19.2 Å². The first-order valence-electron chi connectivity index (χ1n) is 6.40. The molecule has 0 saturated carbocycles. The molecule has 0 bridgehead atoms. The standard InChI is InChI=1S/C14H21F2NO/c1-4-10(3)13(17-5-2)9-18-14-11(15)7-6-8-12(14)16/h6-8,10,13,17H,4-5,9H2,1-3H3. The van der Waals surface area contributed by atoms with Crippen LogP contribution in [0.25, 0.3) is 0 Å². The van der Waals surface area contributed by atoms with Crippen molar-refractivity contribution in [1.29, 1.82) is 0 Å². The summed E-state index contributed by atoms with van der Waals surface area (Å²) < 4.78 is 32.1. The van der Waals surface area contributed by atoms with E-state index in [9.17, 15) is 8.78 Å². The monoisotopic (exact) mass is 257 g/mol. The van der Waals surface area contributed by atoms with Crippen LogP contribution in [0.5, 0.6) is 5.75 Å². The van der Waals surface area contributed by atoms with Crippen LogP contribution in [0.3, 0.4) is 0 Å². The van der Waals surface area contributed by atoms with Crippen LogP contribution < -0.4 is 10.1 Å². The lowest BCUT2D eigenvalue weighted by Gasteiger charge is -2.24. The molecule has 1 N–H and O–H groups in total. The first-order chi connectivity index (χ1) is 8.60. The van der Waals surface area contributed by atoms with Crippen LogP contribution >= 0.6 is 0 Å². The minimum Gasteiger partial charge on any atom is -0.486 e. The number of ether oxygens (including phenoxy) is 1. The second kappa shape index (κ2) is 7.31. The van der Waals surface area contributed by atoms with Crippen LogP contribution in [0.2, 0.25) is 0 Å². The molecular formula is C14H21F2NO. The molecule has 0 aliphatic rings. The van der Waals surface area contributed by atoms with Crippen LogP contribution in [0.15, 0.2) is 18.2 Å². The van der Waals surface area contributed by atoms with E-state index in [1.54, 1.807) is 0 Å². The van der Waals surface area contributed by atoms with E-state index in [-0.39, 0.29) is 18.4 Å². The predicted molar refractivity (Wildman–Crippen MR) is 68.8 cm³/mol. The number of rotatable bonds is 7. The van der Waals surface area contributed by atoms with Crippen LogP contribution in [0, 0.1) is 17.6 Å². The average molecular weight is 257 g/mol. The molecule has 18 heavy (non-hydrogen) atoms. The Morgan fingerprint density at radius 3 is 2.33 bits per heavy atom. The largest absolute Gasteiger partial charge is 0.486 e. The molecule has 0 amide bonds. The minimum atomic E-state index is -0.658. The van der Waals surface area contributed by atoms with E-state index in [1.807, 2.05) is 6.92 Å². The van der Waals surface area contributed by atoms with Crippen molar-refractivity contribution in [2.24, 2.45) is 5.92 Å². The molecule has 0 heterocycles. The van der Waals surface area contributed by atoms with Gasteiger partial charge < -0.3 is 10.1 Å². The van der Waals surface area contributed by atoms with Gasteiger partial charge in [0.05, 0.1) is 0 Å². The van der Waals surface area contributed by atoms with Gasteiger partial charge in [-0.25, -0.2) is 8.78 Å². The van der Waals surface area contributed by atoms with Crippen molar-refractivity contribution in [2.75, 3.05) is 13.2 Å². The molecule has 0 aliphatic carbocycles. The highest BCUT2D eigenvalue weighted by molar-refractivity contribution is 5.26. The highest BCUT2D eigenvalue weighted by Crippen LogP contribution is 2.21. The molecule has 0 aromatic heterocycles. The van der Waals surface area contributed by atoms with Gasteiger partial charge >= 0.3 is 0 Å². The Morgan fingerprint density at radius 1 is 1.22 bits per heavy atom. The third-order valence-electron chi connectivity index (χ3n) is 3.12. The highest BCUT2D eigenvalue weighted by atomic mass is 19.1. The lowest BCUT2D eigenvalue weighted by molar-refractivity contribution is 0.208. The zero-order valence-electron chi connectivity index (χ0n) is 11.2. The number of nitrogens with one attached hydrogen (secondary N) is 1. The van der Waals surface area contributed by atoms with E-state index < -0.39 is 11.6 Å². The number of halogens is 2. The summed E-state index contributed by atoms with van der Waals surface area (Å²) in [7, 11) is 0. The summed E-state index contributed by atoms with van der Waals surface area (Å²) in [6.07, 6.45) is 0.987. The van der Waals surface area contributed by atoms with Crippen molar-refractivity contribution in [3.05, 3.63) is 29.8 Å². The first-order valence-corrected chi connectivity index (χ1v) is 6.40. The van der Waals surface area contributed by atoms with Crippen LogP contribution in [-0.2, 0) is 0 Å². The molecule has 102 valence electrons. The lowest BCUT2D eigenvalue weighted by Crippen LogP contribution is -2.39. The van der Waals surface area contributed by atoms with Crippen molar-refractivity contribution in [3.8, 4) is 5.75 Å². The molecule has 0 radical (unpaired) electrons. The minimum absolute atomic E-state index is 0.0963. The summed E-state index contributed by atoms with van der Waals surface area (Å²) in [6.45, 7) is 7.24. The van der Waals surface area contributed by atoms with Gasteiger partial charge in [-0.3, -0.25) is 0 Å². The molecule has 2 nitrogen and oxygen atoms in total. The fraction of sp³-hybridized carbons (Fsp3) is 0.571. The van der Waals surface area contributed by atoms with E-state index in [4.69, 9.17) is 4.74 Å². The van der Waals surface area contributed by atoms with E-state index >= 15 is 0 Å². The van der Waals surface area contributed by atoms with Crippen molar-refractivity contribution in [3.63, 3.8) is 0 Å². The molecule has 1 aromatic carbocycles. The van der Waals surface area contributed by atoms with Crippen molar-refractivity contribution >= 4 is 0 Å². The summed E-state index contributed by atoms with van der Waals surface area (Å²) in [5.74, 6) is -1.22. The third kappa shape index (κ3) is 3.95. The highest BCUT2D eigenvalue weighted by Gasteiger charge is 2.17. The Kier molecular flexibility index (Phi) is 6.05. The molecule has 0 saturated heterocycles. The summed E-state index contributed by atoms with van der Waals surface area (Å²) in [6, 6.07) is 3.82. The van der Waals surface area contributed by atoms with Gasteiger partial charge in [0.2, 0.25) is 0 Å². The Morgan fingerprint density at radius 2 is 1.83 bits per heavy atom. The van der Waals surface area contributed by atoms with Gasteiger partial charge in [0.15, 0.2) is 17.4 Å². The van der Waals surface area contributed by atoms with Crippen LogP contribution in [0.1, 0.15) is 27.2 Å². The molecule has 0 aliphatic heterocycles. The quantitative estimate of drug-likeness (QED) is 0.808. The zero-order chi connectivity index (χ0) is 13.5. The lowest BCUT2D eigenvalue weighted by atomic mass is 10.00. The van der Waals surface area contributed by atoms with Crippen LogP contribution in [-0.4, -0.2) is 19.2 Å². The molecule has 4 heteroatoms. The topological polar surface area (TPSA) is 21.3 Å². The van der Waals surface area contributed by atoms with Gasteiger partial charge in [-0.2, -0.15) is 0 Å². The second-order valence-electron chi connectivity index (χ2n) is 4.41. The molecule has 0 fully saturated rings. The Hall–Kier alpha value is -1.16. The maximum Gasteiger partial charge on any atom is 0.190 e. The van der Waals surface area contributed by atoms with Gasteiger partial charge in [-0.1, -0.05) is 33.3 Å². The predicted octanol–water partition coefficient (Wildman–Crippen LogP) is 3.37. The van der Waals surface area contributed by atoms with Gasteiger partial charge in [-0.15, -0.1) is 0 Å². The zero-order valence-corrected chi connectivity index (χ0v) is 11.2. The maximum absolute atomic E-state index is 13.4. The fourth-order valence-corrected chi connectivity index (χ4v) is 1.76. The SMILES string of the molecule is CCNC(COc1c(F)cccc1F)C(C)CC. The smallest absolute Gasteiger partial charge is 0.190 e. The second-order valence-corrected chi connectivity index (χ2v) is 4.41. The Balaban J connectivity index is 2.66. The first kappa shape index (κ1) is 14.9. The van der Waals surface area contributed by atoms with E-state index in [0.29, 0.717) is 5.92 Å². The third-order valence-corrected chi connectivity index (χ3v) is 3.12. The summed E-state index contributed by atoms with van der Waals surface area (Å²) in [5.41, 5.74) is 0. The molecule has 2 atom stereocenters. The Bertz CT molecular complexity index is 351. The van der Waals surface area contributed by atoms with Gasteiger partial charge in [0.1, 0.15) is 6.61 Å². The van der Waals surface area contributed by atoms with Crippen molar-refractivity contribution in [2.45, 2.75) is 33.2 Å². The molecular weight excluding hydrogens is 236 g/mol. The number of para-hydroxylation sites is 1. The van der Waals surface area contributed by atoms with Gasteiger partial charge in [-0.05, 0) is 24.6 Å². The van der Waals surface area contributed by atoms with E-state index in [1.165, 1.54) is 18.2 Å². The number of hydrogen-bond donors (Lipinski definition) is 1. The Labute approximate surface area is 107 Å². The van der Waals surface area contributed by atoms with Gasteiger partial charge in [0, 0.05) is 6.04 Å². The average Bonchev–Trinajstić information content (AvgIpc) is 2.36. The number of likely N-dealkylation sites (N-methyl/N-ethyl adjacent to an activating group) is 1. The summed E-state index contributed by atoms with van der Waals surface area (Å²) in [5, 5.41) is 3.27. The normalized spacial score (nSPS) is 14.3. The molecule has 0 spiro atoms. The van der Waals surface area contributed by atoms with E-state index in [0.717, 1.165) is 13.0 Å². The fourth-order valence-electron chi connectivity index (χ4n) is 1.76. The molecule has 2 unspecified atom stereocenters. The summed E-state index contributed by atoms with van der Waals surface area (Å²) >= 11 is 0.